The lowest BCUT2D eigenvalue weighted by Crippen LogP contribution is -2.36. The van der Waals surface area contributed by atoms with E-state index in [0.29, 0.717) is 48.6 Å². The molecule has 0 unspecified atom stereocenters. The molecule has 2 aliphatic heterocycles. The number of rotatable bonds is 8. The number of esters is 1. The Morgan fingerprint density at radius 2 is 1.85 bits per heavy atom. The molecule has 1 aromatic heterocycles. The molecule has 3 aliphatic rings. The van der Waals surface area contributed by atoms with E-state index in [9.17, 15) is 9.59 Å². The molecule has 1 saturated heterocycles. The maximum Gasteiger partial charge on any atom is 0.336 e. The van der Waals surface area contributed by atoms with Gasteiger partial charge in [0.05, 0.1) is 23.9 Å². The van der Waals surface area contributed by atoms with Gasteiger partial charge in [-0.05, 0) is 49.9 Å². The summed E-state index contributed by atoms with van der Waals surface area (Å²) in [6.07, 6.45) is 4.27. The summed E-state index contributed by atoms with van der Waals surface area (Å²) >= 11 is 0. The lowest BCUT2D eigenvalue weighted by Gasteiger charge is -2.36. The monoisotopic (exact) mass is 539 g/mol. The van der Waals surface area contributed by atoms with Crippen molar-refractivity contribution in [2.75, 3.05) is 13.2 Å². The highest BCUT2D eigenvalue weighted by Crippen LogP contribution is 2.47. The highest BCUT2D eigenvalue weighted by Gasteiger charge is 2.43. The molecule has 0 bridgehead atoms. The van der Waals surface area contributed by atoms with Gasteiger partial charge >= 0.3 is 5.97 Å². The lowest BCUT2D eigenvalue weighted by molar-refractivity contribution is -0.142. The summed E-state index contributed by atoms with van der Waals surface area (Å²) in [5, 5.41) is 3.40. The fraction of sp³-hybridized carbons (Fsp3) is 0.333. The molecule has 0 amide bonds. The van der Waals surface area contributed by atoms with Crippen LogP contribution in [0.2, 0.25) is 0 Å². The molecule has 40 heavy (non-hydrogen) atoms. The van der Waals surface area contributed by atoms with Crippen LogP contribution in [-0.4, -0.2) is 31.1 Å². The average Bonchev–Trinajstić information content (AvgIpc) is 3.70. The van der Waals surface area contributed by atoms with Crippen LogP contribution >= 0.6 is 0 Å². The van der Waals surface area contributed by atoms with Crippen molar-refractivity contribution in [3.05, 3.63) is 112 Å². The van der Waals surface area contributed by atoms with Gasteiger partial charge in [0.2, 0.25) is 0 Å². The van der Waals surface area contributed by atoms with Crippen molar-refractivity contribution in [2.45, 2.75) is 57.2 Å². The van der Waals surface area contributed by atoms with Crippen LogP contribution in [0.4, 0.5) is 0 Å². The zero-order chi connectivity index (χ0) is 27.5. The summed E-state index contributed by atoms with van der Waals surface area (Å²) < 4.78 is 23.4. The smallest absolute Gasteiger partial charge is 0.336 e. The molecule has 3 heterocycles. The first kappa shape index (κ1) is 26.1. The zero-order valence-corrected chi connectivity index (χ0v) is 22.6. The number of furan rings is 1. The van der Waals surface area contributed by atoms with Gasteiger partial charge in [-0.1, -0.05) is 48.5 Å². The summed E-state index contributed by atoms with van der Waals surface area (Å²) in [5.74, 6) is 0.257. The SMILES string of the molecule is CC1=C(C(=O)OC[C@@H]2CCCO2)[C@H](c2ccccc2OCc2ccccc2)C2=C(C[C@@H](c3ccco3)CC2=O)N1. The van der Waals surface area contributed by atoms with E-state index < -0.39 is 11.9 Å². The Morgan fingerprint density at radius 1 is 1.02 bits per heavy atom. The van der Waals surface area contributed by atoms with Crippen molar-refractivity contribution in [1.29, 1.82) is 0 Å². The van der Waals surface area contributed by atoms with E-state index in [0.717, 1.165) is 35.4 Å². The van der Waals surface area contributed by atoms with Crippen LogP contribution in [0.1, 0.15) is 61.3 Å². The quantitative estimate of drug-likeness (QED) is 0.355. The van der Waals surface area contributed by atoms with Crippen molar-refractivity contribution < 1.29 is 28.2 Å². The number of ketones is 1. The maximum absolute atomic E-state index is 13.9. The molecular weight excluding hydrogens is 506 g/mol. The fourth-order valence-corrected chi connectivity index (χ4v) is 5.95. The van der Waals surface area contributed by atoms with Gasteiger partial charge < -0.3 is 23.9 Å². The topological polar surface area (TPSA) is 87.0 Å². The van der Waals surface area contributed by atoms with Crippen LogP contribution in [0.3, 0.4) is 0 Å². The van der Waals surface area contributed by atoms with Gasteiger partial charge in [0.25, 0.3) is 0 Å². The molecule has 3 aromatic rings. The second kappa shape index (κ2) is 11.6. The molecule has 0 saturated carbocycles. The summed E-state index contributed by atoms with van der Waals surface area (Å²) in [5.41, 5.74) is 4.30. The van der Waals surface area contributed by atoms with Crippen LogP contribution in [0.15, 0.2) is 100.0 Å². The van der Waals surface area contributed by atoms with Gasteiger partial charge in [0, 0.05) is 41.5 Å². The largest absolute Gasteiger partial charge is 0.489 e. The predicted octanol–water partition coefficient (Wildman–Crippen LogP) is 5.94. The molecule has 1 aliphatic carbocycles. The third-order valence-electron chi connectivity index (χ3n) is 7.88. The Hall–Kier alpha value is -4.10. The molecule has 0 spiro atoms. The van der Waals surface area contributed by atoms with E-state index in [1.165, 1.54) is 0 Å². The standard InChI is InChI=1S/C33H33NO6/c1-21-30(33(36)40-20-24-11-7-15-37-24)31(25-12-5-6-13-29(25)39-19-22-9-3-2-4-10-22)32-26(34-21)17-23(18-27(32)35)28-14-8-16-38-28/h2-6,8-10,12-14,16,23-24,31,34H,7,11,15,17-20H2,1H3/t23-,24+,31+/m1/s1. The average molecular weight is 540 g/mol. The highest BCUT2D eigenvalue weighted by atomic mass is 16.6. The first-order valence-corrected chi connectivity index (χ1v) is 13.9. The first-order chi connectivity index (χ1) is 19.6. The molecule has 7 heteroatoms. The number of nitrogens with one attached hydrogen (secondary N) is 1. The van der Waals surface area contributed by atoms with Gasteiger partial charge in [0.15, 0.2) is 5.78 Å². The minimum Gasteiger partial charge on any atom is -0.489 e. The fourth-order valence-electron chi connectivity index (χ4n) is 5.95. The van der Waals surface area contributed by atoms with E-state index in [4.69, 9.17) is 18.6 Å². The zero-order valence-electron chi connectivity index (χ0n) is 22.6. The highest BCUT2D eigenvalue weighted by molar-refractivity contribution is 6.04. The van der Waals surface area contributed by atoms with E-state index >= 15 is 0 Å². The van der Waals surface area contributed by atoms with Crippen LogP contribution < -0.4 is 10.1 Å². The summed E-state index contributed by atoms with van der Waals surface area (Å²) in [7, 11) is 0. The predicted molar refractivity (Wildman–Crippen MR) is 148 cm³/mol. The molecule has 7 nitrogen and oxygen atoms in total. The number of allylic oxidation sites excluding steroid dienone is 3. The molecule has 0 radical (unpaired) electrons. The van der Waals surface area contributed by atoms with Gasteiger partial charge in [-0.15, -0.1) is 0 Å². The maximum atomic E-state index is 13.9. The number of benzene rings is 2. The number of carbonyl (C=O) groups is 2. The minimum atomic E-state index is -0.620. The number of carbonyl (C=O) groups excluding carboxylic acids is 2. The summed E-state index contributed by atoms with van der Waals surface area (Å²) in [6.45, 7) is 3.11. The van der Waals surface area contributed by atoms with E-state index in [-0.39, 0.29) is 24.4 Å². The van der Waals surface area contributed by atoms with Crippen molar-refractivity contribution in [3.63, 3.8) is 0 Å². The number of hydrogen-bond acceptors (Lipinski definition) is 7. The Labute approximate surface area is 233 Å². The number of hydrogen-bond donors (Lipinski definition) is 1. The van der Waals surface area contributed by atoms with Crippen molar-refractivity contribution in [2.24, 2.45) is 0 Å². The van der Waals surface area contributed by atoms with Crippen LogP contribution in [-0.2, 0) is 25.7 Å². The third kappa shape index (κ3) is 5.34. The number of ether oxygens (including phenoxy) is 3. The van der Waals surface area contributed by atoms with Crippen LogP contribution in [0.5, 0.6) is 5.75 Å². The van der Waals surface area contributed by atoms with E-state index in [2.05, 4.69) is 5.32 Å². The summed E-state index contributed by atoms with van der Waals surface area (Å²) in [4.78, 5) is 27.6. The van der Waals surface area contributed by atoms with Gasteiger partial charge in [-0.25, -0.2) is 4.79 Å². The Kier molecular flexibility index (Phi) is 7.55. The third-order valence-corrected chi connectivity index (χ3v) is 7.88. The van der Waals surface area contributed by atoms with Crippen molar-refractivity contribution in [1.82, 2.24) is 5.32 Å². The molecule has 3 atom stereocenters. The Balaban J connectivity index is 1.37. The van der Waals surface area contributed by atoms with Crippen molar-refractivity contribution >= 4 is 11.8 Å². The Bertz CT molecular complexity index is 1430. The van der Waals surface area contributed by atoms with Crippen LogP contribution in [0.25, 0.3) is 0 Å². The lowest BCUT2D eigenvalue weighted by atomic mass is 9.72. The van der Waals surface area contributed by atoms with E-state index in [1.807, 2.05) is 73.7 Å². The molecule has 6 rings (SSSR count). The van der Waals surface area contributed by atoms with Gasteiger partial charge in [-0.3, -0.25) is 4.79 Å². The van der Waals surface area contributed by atoms with Gasteiger partial charge in [0.1, 0.15) is 24.7 Å². The number of dihydropyridines is 1. The molecule has 2 aromatic carbocycles. The second-order valence-corrected chi connectivity index (χ2v) is 10.6. The number of para-hydroxylation sites is 1. The van der Waals surface area contributed by atoms with Crippen LogP contribution in [0, 0.1) is 0 Å². The Morgan fingerprint density at radius 3 is 2.62 bits per heavy atom. The molecular formula is C33H33NO6. The van der Waals surface area contributed by atoms with Crippen molar-refractivity contribution in [3.8, 4) is 5.75 Å². The number of Topliss-reactive ketones (excluding diaryl/α,β-unsaturated/α-hetero) is 1. The first-order valence-electron chi connectivity index (χ1n) is 13.9. The summed E-state index contributed by atoms with van der Waals surface area (Å²) in [6, 6.07) is 21.3. The molecule has 206 valence electrons. The molecule has 1 fully saturated rings. The second-order valence-electron chi connectivity index (χ2n) is 10.6. The molecule has 1 N–H and O–H groups in total. The van der Waals surface area contributed by atoms with E-state index in [1.54, 1.807) is 6.26 Å². The normalized spacial score (nSPS) is 22.6. The van der Waals surface area contributed by atoms with Gasteiger partial charge in [-0.2, -0.15) is 0 Å². The minimum absolute atomic E-state index is 0.0186.